The molecule has 0 bridgehead atoms. The number of nitrogens with zero attached hydrogens (tertiary/aromatic N) is 1. The third kappa shape index (κ3) is 3.26. The molecular formula is C17H20F2N2O3. The van der Waals surface area contributed by atoms with Crippen LogP contribution in [0.25, 0.3) is 0 Å². The topological polar surface area (TPSA) is 70.9 Å². The lowest BCUT2D eigenvalue weighted by Gasteiger charge is -2.34. The minimum atomic E-state index is -2.87. The Balaban J connectivity index is 1.87. The summed E-state index contributed by atoms with van der Waals surface area (Å²) >= 11 is 0. The summed E-state index contributed by atoms with van der Waals surface area (Å²) in [5, 5.41) is 14.0. The van der Waals surface area contributed by atoms with E-state index in [2.05, 4.69) is 10.3 Å². The summed E-state index contributed by atoms with van der Waals surface area (Å²) in [5.41, 5.74) is -1.80. The zero-order chi connectivity index (χ0) is 17.2. The third-order valence-corrected chi connectivity index (χ3v) is 4.63. The van der Waals surface area contributed by atoms with Crippen molar-refractivity contribution in [2.45, 2.75) is 36.9 Å². The quantitative estimate of drug-likeness (QED) is 0.822. The second-order valence-electron chi connectivity index (χ2n) is 6.36. The van der Waals surface area contributed by atoms with E-state index < -0.39 is 35.9 Å². The average molecular weight is 338 g/mol. The Bertz CT molecular complexity index is 624. The van der Waals surface area contributed by atoms with Gasteiger partial charge in [0.1, 0.15) is 6.10 Å². The van der Waals surface area contributed by atoms with Crippen LogP contribution in [0.5, 0.6) is 0 Å². The van der Waals surface area contributed by atoms with Gasteiger partial charge in [-0.15, -0.1) is 0 Å². The fourth-order valence-electron chi connectivity index (χ4n) is 3.32. The van der Waals surface area contributed by atoms with Gasteiger partial charge in [-0.05, 0) is 12.0 Å². The summed E-state index contributed by atoms with van der Waals surface area (Å²) in [7, 11) is 0. The molecule has 24 heavy (non-hydrogen) atoms. The van der Waals surface area contributed by atoms with Crippen molar-refractivity contribution in [2.24, 2.45) is 10.9 Å². The van der Waals surface area contributed by atoms with E-state index in [9.17, 15) is 18.7 Å². The van der Waals surface area contributed by atoms with Crippen molar-refractivity contribution in [3.63, 3.8) is 0 Å². The van der Waals surface area contributed by atoms with Crippen molar-refractivity contribution in [1.29, 1.82) is 0 Å². The van der Waals surface area contributed by atoms with Crippen molar-refractivity contribution >= 4 is 12.3 Å². The molecule has 0 saturated heterocycles. The Morgan fingerprint density at radius 2 is 2.12 bits per heavy atom. The van der Waals surface area contributed by atoms with Gasteiger partial charge in [0.2, 0.25) is 5.92 Å². The molecule has 1 fully saturated rings. The van der Waals surface area contributed by atoms with E-state index >= 15 is 0 Å². The van der Waals surface area contributed by atoms with Gasteiger partial charge in [-0.2, -0.15) is 0 Å². The Hall–Kier alpha value is -2.02. The van der Waals surface area contributed by atoms with Gasteiger partial charge >= 0.3 is 5.97 Å². The molecule has 130 valence electrons. The molecule has 1 aliphatic heterocycles. The van der Waals surface area contributed by atoms with Crippen molar-refractivity contribution in [1.82, 2.24) is 5.32 Å². The molecule has 2 aliphatic rings. The Morgan fingerprint density at radius 3 is 2.71 bits per heavy atom. The predicted octanol–water partition coefficient (Wildman–Crippen LogP) is 1.85. The number of nitrogens with one attached hydrogen (secondary N) is 1. The van der Waals surface area contributed by atoms with Crippen molar-refractivity contribution in [3.05, 3.63) is 35.9 Å². The standard InChI is InChI=1S/C17H20F2N2O3/c18-16(19)7-6-13(8-16)17(23,12-4-2-1-3-5-12)15(22)24-14-9-20-11-21-10-14/h1-5,11,13-14,23H,6-10H2,(H,20,21)/t13-,17+/m1/s1. The zero-order valence-electron chi connectivity index (χ0n) is 13.1. The smallest absolute Gasteiger partial charge is 0.343 e. The normalized spacial score (nSPS) is 28.0. The van der Waals surface area contributed by atoms with Crippen LogP contribution in [0.15, 0.2) is 35.3 Å². The largest absolute Gasteiger partial charge is 0.456 e. The number of aliphatic hydroxyl groups is 1. The first-order chi connectivity index (χ1) is 11.4. The number of benzene rings is 1. The first-order valence-electron chi connectivity index (χ1n) is 8.00. The highest BCUT2D eigenvalue weighted by molar-refractivity contribution is 5.82. The molecule has 0 aromatic heterocycles. The van der Waals surface area contributed by atoms with E-state index in [0.29, 0.717) is 6.54 Å². The molecule has 1 aliphatic carbocycles. The van der Waals surface area contributed by atoms with Crippen LogP contribution >= 0.6 is 0 Å². The van der Waals surface area contributed by atoms with Crippen molar-refractivity contribution in [2.75, 3.05) is 13.1 Å². The molecule has 0 radical (unpaired) electrons. The number of hydrogen-bond acceptors (Lipinski definition) is 5. The Kier molecular flexibility index (Phi) is 4.54. The maximum absolute atomic E-state index is 13.7. The minimum Gasteiger partial charge on any atom is -0.456 e. The van der Waals surface area contributed by atoms with Crippen LogP contribution in [0.4, 0.5) is 8.78 Å². The maximum Gasteiger partial charge on any atom is 0.343 e. The second-order valence-corrected chi connectivity index (χ2v) is 6.36. The molecular weight excluding hydrogens is 318 g/mol. The summed E-state index contributed by atoms with van der Waals surface area (Å²) < 4.78 is 32.7. The summed E-state index contributed by atoms with van der Waals surface area (Å²) in [6.07, 6.45) is 0.184. The molecule has 1 aromatic rings. The molecule has 1 unspecified atom stereocenters. The first kappa shape index (κ1) is 16.8. The highest BCUT2D eigenvalue weighted by atomic mass is 19.3. The van der Waals surface area contributed by atoms with Crippen molar-refractivity contribution < 1.29 is 23.4 Å². The van der Waals surface area contributed by atoms with Crippen LogP contribution < -0.4 is 5.32 Å². The number of carbonyl (C=O) groups is 1. The van der Waals surface area contributed by atoms with E-state index in [1.54, 1.807) is 30.3 Å². The van der Waals surface area contributed by atoms with Crippen LogP contribution in [-0.2, 0) is 15.1 Å². The van der Waals surface area contributed by atoms with Crippen molar-refractivity contribution in [3.8, 4) is 0 Å². The number of rotatable bonds is 4. The molecule has 1 heterocycles. The van der Waals surface area contributed by atoms with Crippen LogP contribution in [-0.4, -0.2) is 42.5 Å². The van der Waals surface area contributed by atoms with E-state index in [4.69, 9.17) is 4.74 Å². The molecule has 0 amide bonds. The molecule has 3 atom stereocenters. The number of carbonyl (C=O) groups excluding carboxylic acids is 1. The van der Waals surface area contributed by atoms with E-state index in [1.807, 2.05) is 0 Å². The SMILES string of the molecule is O=C(OC1CN=CNC1)[C@](O)(c1ccccc1)[C@@H]1CCC(F)(F)C1. The minimum absolute atomic E-state index is 0.0641. The highest BCUT2D eigenvalue weighted by Gasteiger charge is 2.54. The van der Waals surface area contributed by atoms with Gasteiger partial charge < -0.3 is 15.2 Å². The van der Waals surface area contributed by atoms with Gasteiger partial charge in [0.15, 0.2) is 5.60 Å². The predicted molar refractivity (Wildman–Crippen MR) is 83.9 cm³/mol. The van der Waals surface area contributed by atoms with Gasteiger partial charge in [0.05, 0.1) is 19.4 Å². The van der Waals surface area contributed by atoms with Crippen LogP contribution in [0.3, 0.4) is 0 Å². The molecule has 1 aromatic carbocycles. The molecule has 1 saturated carbocycles. The lowest BCUT2D eigenvalue weighted by Crippen LogP contribution is -2.47. The van der Waals surface area contributed by atoms with Gasteiger partial charge in [-0.3, -0.25) is 4.99 Å². The third-order valence-electron chi connectivity index (χ3n) is 4.63. The zero-order valence-corrected chi connectivity index (χ0v) is 13.1. The number of halogens is 2. The fraction of sp³-hybridized carbons (Fsp3) is 0.529. The summed E-state index contributed by atoms with van der Waals surface area (Å²) in [6, 6.07) is 8.18. The maximum atomic E-state index is 13.7. The van der Waals surface area contributed by atoms with Gasteiger partial charge in [-0.1, -0.05) is 30.3 Å². The van der Waals surface area contributed by atoms with E-state index in [1.165, 1.54) is 6.34 Å². The van der Waals surface area contributed by atoms with Crippen LogP contribution in [0, 0.1) is 5.92 Å². The Labute approximate surface area is 138 Å². The molecule has 7 heteroatoms. The molecule has 5 nitrogen and oxygen atoms in total. The number of alkyl halides is 2. The lowest BCUT2D eigenvalue weighted by atomic mass is 9.80. The first-order valence-corrected chi connectivity index (χ1v) is 8.00. The van der Waals surface area contributed by atoms with Crippen LogP contribution in [0.2, 0.25) is 0 Å². The second kappa shape index (κ2) is 6.47. The number of esters is 1. The van der Waals surface area contributed by atoms with Gasteiger partial charge in [0.25, 0.3) is 0 Å². The highest BCUT2D eigenvalue weighted by Crippen LogP contribution is 2.48. The van der Waals surface area contributed by atoms with E-state index in [-0.39, 0.29) is 24.9 Å². The number of hydrogen-bond donors (Lipinski definition) is 2. The fourth-order valence-corrected chi connectivity index (χ4v) is 3.32. The van der Waals surface area contributed by atoms with Crippen LogP contribution in [0.1, 0.15) is 24.8 Å². The molecule has 3 rings (SSSR count). The number of aliphatic imine (C=N–C) groups is 1. The Morgan fingerprint density at radius 1 is 1.38 bits per heavy atom. The monoisotopic (exact) mass is 338 g/mol. The molecule has 0 spiro atoms. The molecule has 2 N–H and O–H groups in total. The lowest BCUT2D eigenvalue weighted by molar-refractivity contribution is -0.179. The average Bonchev–Trinajstić information content (AvgIpc) is 2.96. The van der Waals surface area contributed by atoms with Gasteiger partial charge in [0, 0.05) is 18.8 Å². The van der Waals surface area contributed by atoms with E-state index in [0.717, 1.165) is 0 Å². The summed E-state index contributed by atoms with van der Waals surface area (Å²) in [6.45, 7) is 0.658. The summed E-state index contributed by atoms with van der Waals surface area (Å²) in [4.78, 5) is 16.7. The summed E-state index contributed by atoms with van der Waals surface area (Å²) in [5.74, 6) is -4.65. The van der Waals surface area contributed by atoms with Gasteiger partial charge in [-0.25, -0.2) is 13.6 Å². The number of ether oxygens (including phenoxy) is 1.